The Balaban J connectivity index is 1.46. The van der Waals surface area contributed by atoms with E-state index in [9.17, 15) is 4.79 Å². The van der Waals surface area contributed by atoms with Crippen molar-refractivity contribution in [2.45, 2.75) is 38.0 Å². The van der Waals surface area contributed by atoms with Crippen LogP contribution < -0.4 is 0 Å². The number of aromatic amines is 1. The van der Waals surface area contributed by atoms with Gasteiger partial charge in [-0.1, -0.05) is 6.07 Å². The molecule has 1 aliphatic heterocycles. The molecule has 1 unspecified atom stereocenters. The van der Waals surface area contributed by atoms with Gasteiger partial charge >= 0.3 is 0 Å². The number of amides is 1. The number of H-pyrrole nitrogens is 1. The van der Waals surface area contributed by atoms with Crippen molar-refractivity contribution < 1.29 is 4.79 Å². The van der Waals surface area contributed by atoms with E-state index in [1.165, 1.54) is 11.3 Å². The molecule has 4 heterocycles. The highest BCUT2D eigenvalue weighted by atomic mass is 16.2. The van der Waals surface area contributed by atoms with Crippen LogP contribution in [0.25, 0.3) is 5.65 Å². The van der Waals surface area contributed by atoms with Gasteiger partial charge in [-0.25, -0.2) is 4.98 Å². The second-order valence-electron chi connectivity index (χ2n) is 7.43. The number of likely N-dealkylation sites (tertiary alicyclic amines) is 1. The molecule has 0 radical (unpaired) electrons. The third-order valence-electron chi connectivity index (χ3n) is 5.88. The molecular weight excluding hydrogens is 314 g/mol. The van der Waals surface area contributed by atoms with Gasteiger partial charge in [0.2, 0.25) is 0 Å². The first-order valence-electron chi connectivity index (χ1n) is 8.93. The molecule has 0 saturated carbocycles. The van der Waals surface area contributed by atoms with Crippen LogP contribution in [0.1, 0.15) is 46.6 Å². The van der Waals surface area contributed by atoms with Crippen LogP contribution in [0.2, 0.25) is 0 Å². The molecular formula is C19H21N5O. The summed E-state index contributed by atoms with van der Waals surface area (Å²) in [6, 6.07) is 4.00. The monoisotopic (exact) mass is 335 g/mol. The van der Waals surface area contributed by atoms with Crippen molar-refractivity contribution in [2.24, 2.45) is 0 Å². The second kappa shape index (κ2) is 5.18. The Kier molecular flexibility index (Phi) is 3.04. The summed E-state index contributed by atoms with van der Waals surface area (Å²) in [5.41, 5.74) is 5.08. The third-order valence-corrected chi connectivity index (χ3v) is 5.88. The van der Waals surface area contributed by atoms with Gasteiger partial charge in [0.25, 0.3) is 5.91 Å². The smallest absolute Gasteiger partial charge is 0.274 e. The van der Waals surface area contributed by atoms with E-state index in [0.717, 1.165) is 50.0 Å². The first kappa shape index (κ1) is 14.7. The molecule has 1 aliphatic carbocycles. The van der Waals surface area contributed by atoms with E-state index >= 15 is 0 Å². The molecule has 1 atom stereocenters. The molecule has 6 heteroatoms. The van der Waals surface area contributed by atoms with Gasteiger partial charge in [0, 0.05) is 36.6 Å². The van der Waals surface area contributed by atoms with Gasteiger partial charge in [0.15, 0.2) is 0 Å². The summed E-state index contributed by atoms with van der Waals surface area (Å²) in [5, 5.41) is 7.41. The molecule has 1 fully saturated rings. The number of nitrogens with one attached hydrogen (secondary N) is 1. The summed E-state index contributed by atoms with van der Waals surface area (Å²) in [5.74, 6) is 0.0372. The molecule has 3 aromatic heterocycles. The highest BCUT2D eigenvalue weighted by Crippen LogP contribution is 2.44. The number of piperidine rings is 1. The highest BCUT2D eigenvalue weighted by molar-refractivity contribution is 5.93. The van der Waals surface area contributed by atoms with Gasteiger partial charge in [-0.3, -0.25) is 9.89 Å². The number of pyridine rings is 1. The molecule has 3 aromatic rings. The lowest BCUT2D eigenvalue weighted by atomic mass is 9.77. The van der Waals surface area contributed by atoms with Crippen LogP contribution >= 0.6 is 0 Å². The van der Waals surface area contributed by atoms with Gasteiger partial charge < -0.3 is 9.30 Å². The van der Waals surface area contributed by atoms with Crippen molar-refractivity contribution in [1.82, 2.24) is 24.5 Å². The van der Waals surface area contributed by atoms with Gasteiger partial charge in [-0.15, -0.1) is 0 Å². The van der Waals surface area contributed by atoms with Crippen molar-refractivity contribution >= 4 is 11.6 Å². The molecule has 0 bridgehead atoms. The Hall–Kier alpha value is -2.63. The van der Waals surface area contributed by atoms with E-state index in [1.54, 1.807) is 0 Å². The first-order valence-corrected chi connectivity index (χ1v) is 8.93. The normalized spacial score (nSPS) is 22.7. The number of carbonyl (C=O) groups is 1. The Morgan fingerprint density at radius 2 is 2.28 bits per heavy atom. The van der Waals surface area contributed by atoms with Crippen LogP contribution in [-0.2, 0) is 11.8 Å². The Morgan fingerprint density at radius 3 is 3.16 bits per heavy atom. The molecule has 1 saturated heterocycles. The summed E-state index contributed by atoms with van der Waals surface area (Å²) >= 11 is 0. The number of hydrogen-bond acceptors (Lipinski definition) is 3. The average Bonchev–Trinajstić information content (AvgIpc) is 3.32. The summed E-state index contributed by atoms with van der Waals surface area (Å²) in [7, 11) is 0. The van der Waals surface area contributed by atoms with Crippen molar-refractivity contribution in [3.05, 3.63) is 53.2 Å². The minimum atomic E-state index is 0.0372. The average molecular weight is 335 g/mol. The summed E-state index contributed by atoms with van der Waals surface area (Å²) in [6.07, 6.45) is 10.0. The number of carbonyl (C=O) groups excluding carboxylic acids is 1. The summed E-state index contributed by atoms with van der Waals surface area (Å²) in [6.45, 7) is 3.58. The molecule has 5 rings (SSSR count). The number of rotatable bonds is 1. The second-order valence-corrected chi connectivity index (χ2v) is 7.43. The fourth-order valence-corrected chi connectivity index (χ4v) is 4.59. The molecule has 2 aliphatic rings. The summed E-state index contributed by atoms with van der Waals surface area (Å²) in [4.78, 5) is 19.7. The van der Waals surface area contributed by atoms with Gasteiger partial charge in [0.1, 0.15) is 11.3 Å². The maximum absolute atomic E-state index is 13.1. The number of aryl methyl sites for hydroxylation is 2. The van der Waals surface area contributed by atoms with Crippen molar-refractivity contribution in [1.29, 1.82) is 0 Å². The topological polar surface area (TPSA) is 66.3 Å². The molecule has 25 heavy (non-hydrogen) atoms. The number of imidazole rings is 1. The predicted octanol–water partition coefficient (Wildman–Crippen LogP) is 2.49. The van der Waals surface area contributed by atoms with E-state index in [2.05, 4.69) is 15.2 Å². The molecule has 1 spiro atoms. The molecule has 128 valence electrons. The zero-order chi connectivity index (χ0) is 17.0. The van der Waals surface area contributed by atoms with Crippen LogP contribution in [0, 0.1) is 6.92 Å². The van der Waals surface area contributed by atoms with Crippen molar-refractivity contribution in [3.63, 3.8) is 0 Å². The maximum atomic E-state index is 13.1. The fraction of sp³-hybridized carbons (Fsp3) is 0.421. The Labute approximate surface area is 145 Å². The zero-order valence-electron chi connectivity index (χ0n) is 14.3. The highest BCUT2D eigenvalue weighted by Gasteiger charge is 2.44. The fourth-order valence-electron chi connectivity index (χ4n) is 4.59. The van der Waals surface area contributed by atoms with E-state index in [1.807, 2.05) is 46.9 Å². The van der Waals surface area contributed by atoms with Gasteiger partial charge in [-0.05, 0) is 49.8 Å². The van der Waals surface area contributed by atoms with E-state index in [4.69, 9.17) is 0 Å². The lowest BCUT2D eigenvalue weighted by Crippen LogP contribution is -2.48. The molecule has 0 aromatic carbocycles. The lowest BCUT2D eigenvalue weighted by Gasteiger charge is -2.40. The SMILES string of the molecule is Cc1cccn2cc(C(=O)N3CCCC4(CCc5cn[nH]c54)C3)nc12. The Morgan fingerprint density at radius 1 is 1.36 bits per heavy atom. The van der Waals surface area contributed by atoms with Crippen LogP contribution in [-0.4, -0.2) is 43.5 Å². The van der Waals surface area contributed by atoms with E-state index in [0.29, 0.717) is 5.69 Å². The van der Waals surface area contributed by atoms with Crippen LogP contribution in [0.5, 0.6) is 0 Å². The predicted molar refractivity (Wildman–Crippen MR) is 93.7 cm³/mol. The minimum absolute atomic E-state index is 0.0372. The zero-order valence-corrected chi connectivity index (χ0v) is 14.3. The quantitative estimate of drug-likeness (QED) is 0.743. The Bertz CT molecular complexity index is 971. The number of nitrogens with zero attached hydrogens (tertiary/aromatic N) is 4. The summed E-state index contributed by atoms with van der Waals surface area (Å²) < 4.78 is 1.94. The lowest BCUT2D eigenvalue weighted by molar-refractivity contribution is 0.0627. The van der Waals surface area contributed by atoms with Crippen molar-refractivity contribution in [3.8, 4) is 0 Å². The molecule has 1 N–H and O–H groups in total. The van der Waals surface area contributed by atoms with Crippen LogP contribution in [0.15, 0.2) is 30.7 Å². The van der Waals surface area contributed by atoms with Crippen molar-refractivity contribution in [2.75, 3.05) is 13.1 Å². The van der Waals surface area contributed by atoms with Crippen LogP contribution in [0.3, 0.4) is 0 Å². The standard InChI is InChI=1S/C19H21N5O/c1-13-4-2-8-23-11-15(21-17(13)23)18(25)24-9-3-6-19(12-24)7-5-14-10-20-22-16(14)19/h2,4,8,10-11H,3,5-7,9,12H2,1H3,(H,20,22). The molecule has 6 nitrogen and oxygen atoms in total. The minimum Gasteiger partial charge on any atom is -0.336 e. The third kappa shape index (κ3) is 2.13. The number of fused-ring (bicyclic) bond motifs is 3. The number of aromatic nitrogens is 4. The van der Waals surface area contributed by atoms with Crippen LogP contribution in [0.4, 0.5) is 0 Å². The largest absolute Gasteiger partial charge is 0.336 e. The number of hydrogen-bond donors (Lipinski definition) is 1. The first-order chi connectivity index (χ1) is 12.2. The van der Waals surface area contributed by atoms with E-state index in [-0.39, 0.29) is 11.3 Å². The maximum Gasteiger partial charge on any atom is 0.274 e. The van der Waals surface area contributed by atoms with Gasteiger partial charge in [-0.2, -0.15) is 5.10 Å². The van der Waals surface area contributed by atoms with E-state index < -0.39 is 0 Å². The van der Waals surface area contributed by atoms with Gasteiger partial charge in [0.05, 0.1) is 6.20 Å². The molecule has 1 amide bonds.